The van der Waals surface area contributed by atoms with E-state index in [1.165, 1.54) is 18.9 Å². The summed E-state index contributed by atoms with van der Waals surface area (Å²) in [6, 6.07) is 14.9. The molecule has 0 aliphatic rings. The third-order valence-corrected chi connectivity index (χ3v) is 4.51. The summed E-state index contributed by atoms with van der Waals surface area (Å²) in [6.45, 7) is 4.28. The molecule has 1 heterocycles. The Bertz CT molecular complexity index is 989. The monoisotopic (exact) mass is 395 g/mol. The number of amides is 1. The van der Waals surface area contributed by atoms with Crippen molar-refractivity contribution in [3.63, 3.8) is 0 Å². The summed E-state index contributed by atoms with van der Waals surface area (Å²) < 4.78 is 5.27. The Kier molecular flexibility index (Phi) is 6.16. The van der Waals surface area contributed by atoms with Gasteiger partial charge in [-0.25, -0.2) is 0 Å². The minimum Gasteiger partial charge on any atom is -0.495 e. The molecule has 3 rings (SSSR count). The largest absolute Gasteiger partial charge is 0.495 e. The molecule has 0 spiro atoms. The number of methoxy groups -OCH3 is 1. The van der Waals surface area contributed by atoms with Crippen LogP contribution in [0.2, 0.25) is 5.02 Å². The molecule has 2 N–H and O–H groups in total. The molecule has 0 bridgehead atoms. The van der Waals surface area contributed by atoms with Gasteiger partial charge in [0.15, 0.2) is 0 Å². The number of pyridine rings is 1. The van der Waals surface area contributed by atoms with Crippen LogP contribution in [0.4, 0.5) is 17.1 Å². The van der Waals surface area contributed by atoms with Crippen LogP contribution in [-0.2, 0) is 0 Å². The van der Waals surface area contributed by atoms with Crippen LogP contribution in [-0.4, -0.2) is 18.0 Å². The third kappa shape index (κ3) is 4.61. The van der Waals surface area contributed by atoms with Crippen LogP contribution in [0.5, 0.6) is 5.75 Å². The Labute approximate surface area is 169 Å². The first-order valence-electron chi connectivity index (χ1n) is 8.94. The van der Waals surface area contributed by atoms with Crippen LogP contribution in [0.1, 0.15) is 35.7 Å². The molecular weight excluding hydrogens is 374 g/mol. The van der Waals surface area contributed by atoms with E-state index in [2.05, 4.69) is 35.5 Å². The van der Waals surface area contributed by atoms with E-state index in [4.69, 9.17) is 16.3 Å². The molecule has 1 aromatic heterocycles. The third-order valence-electron chi connectivity index (χ3n) is 4.27. The van der Waals surface area contributed by atoms with E-state index in [-0.39, 0.29) is 5.91 Å². The van der Waals surface area contributed by atoms with Crippen LogP contribution in [0, 0.1) is 0 Å². The van der Waals surface area contributed by atoms with E-state index in [0.29, 0.717) is 27.9 Å². The van der Waals surface area contributed by atoms with Crippen molar-refractivity contribution >= 4 is 34.6 Å². The molecule has 28 heavy (non-hydrogen) atoms. The lowest BCUT2D eigenvalue weighted by atomic mass is 10.0. The Morgan fingerprint density at radius 3 is 2.61 bits per heavy atom. The number of nitrogens with zero attached hydrogens (tertiary/aromatic N) is 1. The fourth-order valence-corrected chi connectivity index (χ4v) is 3.05. The molecule has 0 saturated heterocycles. The zero-order chi connectivity index (χ0) is 20.1. The molecule has 0 fully saturated rings. The number of hydrogen-bond acceptors (Lipinski definition) is 4. The van der Waals surface area contributed by atoms with Crippen molar-refractivity contribution in [3.8, 4) is 5.75 Å². The molecule has 0 aliphatic heterocycles. The van der Waals surface area contributed by atoms with Crippen molar-refractivity contribution in [2.24, 2.45) is 0 Å². The van der Waals surface area contributed by atoms with E-state index in [1.807, 2.05) is 18.2 Å². The lowest BCUT2D eigenvalue weighted by Crippen LogP contribution is -2.13. The first-order chi connectivity index (χ1) is 13.5. The maximum atomic E-state index is 12.7. The maximum absolute atomic E-state index is 12.7. The second-order valence-electron chi connectivity index (χ2n) is 6.63. The van der Waals surface area contributed by atoms with Gasteiger partial charge in [-0.05, 0) is 41.8 Å². The normalized spacial score (nSPS) is 10.6. The molecule has 3 aromatic rings. The van der Waals surface area contributed by atoms with Crippen LogP contribution < -0.4 is 15.4 Å². The second-order valence-corrected chi connectivity index (χ2v) is 7.06. The molecule has 1 amide bonds. The Morgan fingerprint density at radius 2 is 1.86 bits per heavy atom. The highest BCUT2D eigenvalue weighted by Gasteiger charge is 2.12. The van der Waals surface area contributed by atoms with Gasteiger partial charge in [0.25, 0.3) is 5.91 Å². The molecule has 0 atom stereocenters. The van der Waals surface area contributed by atoms with Crippen molar-refractivity contribution in [1.29, 1.82) is 0 Å². The number of anilines is 3. The van der Waals surface area contributed by atoms with Gasteiger partial charge >= 0.3 is 0 Å². The van der Waals surface area contributed by atoms with Crippen LogP contribution in [0.25, 0.3) is 0 Å². The minimum absolute atomic E-state index is 0.297. The van der Waals surface area contributed by atoms with Gasteiger partial charge in [0.1, 0.15) is 5.75 Å². The number of benzene rings is 2. The average molecular weight is 396 g/mol. The lowest BCUT2D eigenvalue weighted by molar-refractivity contribution is 0.102. The Morgan fingerprint density at radius 1 is 1.07 bits per heavy atom. The maximum Gasteiger partial charge on any atom is 0.257 e. The van der Waals surface area contributed by atoms with Gasteiger partial charge in [-0.15, -0.1) is 0 Å². The summed E-state index contributed by atoms with van der Waals surface area (Å²) in [5.74, 6) is 0.609. The molecule has 0 radical (unpaired) electrons. The smallest absolute Gasteiger partial charge is 0.257 e. The van der Waals surface area contributed by atoms with Gasteiger partial charge in [-0.2, -0.15) is 0 Å². The van der Waals surface area contributed by atoms with Gasteiger partial charge in [-0.1, -0.05) is 43.6 Å². The quantitative estimate of drug-likeness (QED) is 0.548. The second kappa shape index (κ2) is 8.76. The summed E-state index contributed by atoms with van der Waals surface area (Å²) >= 11 is 6.03. The van der Waals surface area contributed by atoms with E-state index < -0.39 is 0 Å². The summed E-state index contributed by atoms with van der Waals surface area (Å²) in [6.07, 6.45) is 3.21. The zero-order valence-corrected chi connectivity index (χ0v) is 16.7. The standard InChI is InChI=1S/C22H22ClN3O2/c1-14(2)18-6-4-5-7-19(18)25-17-10-15(12-24-13-17)22(27)26-20-11-16(23)8-9-21(20)28-3/h4-14,25H,1-3H3,(H,26,27). The highest BCUT2D eigenvalue weighted by Crippen LogP contribution is 2.29. The number of nitrogens with one attached hydrogen (secondary N) is 2. The van der Waals surface area contributed by atoms with Crippen molar-refractivity contribution < 1.29 is 9.53 Å². The molecule has 144 valence electrons. The Balaban J connectivity index is 1.82. The van der Waals surface area contributed by atoms with Crippen molar-refractivity contribution in [1.82, 2.24) is 4.98 Å². The number of aromatic nitrogens is 1. The van der Waals surface area contributed by atoms with E-state index in [1.54, 1.807) is 30.5 Å². The van der Waals surface area contributed by atoms with Crippen LogP contribution in [0.15, 0.2) is 60.9 Å². The summed E-state index contributed by atoms with van der Waals surface area (Å²) in [7, 11) is 1.54. The summed E-state index contributed by atoms with van der Waals surface area (Å²) in [4.78, 5) is 16.9. The van der Waals surface area contributed by atoms with Gasteiger partial charge < -0.3 is 15.4 Å². The first kappa shape index (κ1) is 19.7. The number of hydrogen-bond donors (Lipinski definition) is 2. The molecular formula is C22H22ClN3O2. The number of rotatable bonds is 6. The van der Waals surface area contributed by atoms with Crippen LogP contribution >= 0.6 is 11.6 Å². The SMILES string of the molecule is COc1ccc(Cl)cc1NC(=O)c1cncc(Nc2ccccc2C(C)C)c1. The van der Waals surface area contributed by atoms with Crippen LogP contribution in [0.3, 0.4) is 0 Å². The number of ether oxygens (including phenoxy) is 1. The molecule has 5 nitrogen and oxygen atoms in total. The van der Waals surface area contributed by atoms with Gasteiger partial charge in [0, 0.05) is 16.9 Å². The fraction of sp³-hybridized carbons (Fsp3) is 0.182. The number of halogens is 1. The highest BCUT2D eigenvalue weighted by molar-refractivity contribution is 6.31. The number of carbonyl (C=O) groups excluding carboxylic acids is 1. The molecule has 0 saturated carbocycles. The zero-order valence-electron chi connectivity index (χ0n) is 16.0. The van der Waals surface area contributed by atoms with E-state index in [0.717, 1.165) is 11.4 Å². The highest BCUT2D eigenvalue weighted by atomic mass is 35.5. The summed E-state index contributed by atoms with van der Waals surface area (Å²) in [5.41, 5.74) is 3.85. The van der Waals surface area contributed by atoms with Gasteiger partial charge in [0.2, 0.25) is 0 Å². The average Bonchev–Trinajstić information content (AvgIpc) is 2.68. The molecule has 6 heteroatoms. The Hall–Kier alpha value is -3.05. The topological polar surface area (TPSA) is 63.2 Å². The number of para-hydroxylation sites is 1. The van der Waals surface area contributed by atoms with E-state index in [9.17, 15) is 4.79 Å². The predicted molar refractivity (Wildman–Crippen MR) is 114 cm³/mol. The predicted octanol–water partition coefficient (Wildman–Crippen LogP) is 5.86. The fourth-order valence-electron chi connectivity index (χ4n) is 2.87. The van der Waals surface area contributed by atoms with Crippen molar-refractivity contribution in [2.75, 3.05) is 17.7 Å². The first-order valence-corrected chi connectivity index (χ1v) is 9.31. The minimum atomic E-state index is -0.297. The lowest BCUT2D eigenvalue weighted by Gasteiger charge is -2.15. The molecule has 0 aliphatic carbocycles. The molecule has 2 aromatic carbocycles. The molecule has 0 unspecified atom stereocenters. The van der Waals surface area contributed by atoms with Crippen molar-refractivity contribution in [2.45, 2.75) is 19.8 Å². The van der Waals surface area contributed by atoms with Crippen molar-refractivity contribution in [3.05, 3.63) is 77.1 Å². The van der Waals surface area contributed by atoms with Gasteiger partial charge in [0.05, 0.1) is 30.2 Å². The van der Waals surface area contributed by atoms with E-state index >= 15 is 0 Å². The number of carbonyl (C=O) groups is 1. The van der Waals surface area contributed by atoms with Gasteiger partial charge in [-0.3, -0.25) is 9.78 Å². The summed E-state index contributed by atoms with van der Waals surface area (Å²) in [5, 5.41) is 6.69.